The number of rotatable bonds is 7. The van der Waals surface area contributed by atoms with Gasteiger partial charge >= 0.3 is 0 Å². The van der Waals surface area contributed by atoms with Crippen molar-refractivity contribution in [3.05, 3.63) is 182 Å². The monoisotopic (exact) mass is 892 g/mol. The first-order valence-corrected chi connectivity index (χ1v) is 15.6. The zero-order chi connectivity index (χ0) is 45.6. The van der Waals surface area contributed by atoms with Crippen LogP contribution in [0, 0.1) is 116 Å². The number of nitrogens with zero attached hydrogens (tertiary/aromatic N) is 4. The minimum atomic E-state index is -7.22. The highest BCUT2D eigenvalue weighted by Crippen LogP contribution is 2.31. The molecule has 1 aromatic heterocycles. The van der Waals surface area contributed by atoms with Crippen molar-refractivity contribution in [1.29, 1.82) is 0 Å². The minimum Gasteiger partial charge on any atom is -0.232 e. The van der Waals surface area contributed by atoms with Crippen LogP contribution in [0.2, 0.25) is 0 Å². The summed E-state index contributed by atoms with van der Waals surface area (Å²) in [6.45, 7) is 0. The Morgan fingerprint density at radius 3 is 0.951 bits per heavy atom. The predicted molar refractivity (Wildman–Crippen MR) is 167 cm³/mol. The van der Waals surface area contributed by atoms with Gasteiger partial charge in [0.1, 0.15) is 52.7 Å². The number of hydrogen-bond acceptors (Lipinski definition) is 2. The third kappa shape index (κ3) is 7.25. The Kier molecular flexibility index (Phi) is 12.5. The van der Waals surface area contributed by atoms with Crippen molar-refractivity contribution in [3.8, 4) is 5.75 Å². The van der Waals surface area contributed by atoms with Crippen molar-refractivity contribution < 1.29 is 97.4 Å². The third-order valence-electron chi connectivity index (χ3n) is 8.58. The second kappa shape index (κ2) is 16.9. The Morgan fingerprint density at radius 1 is 0.393 bits per heavy atom. The highest BCUT2D eigenvalue weighted by Gasteiger charge is 2.52. The van der Waals surface area contributed by atoms with E-state index in [0.717, 1.165) is 0 Å². The average molecular weight is 892 g/mol. The summed E-state index contributed by atoms with van der Waals surface area (Å²) < 4.78 is 296. The molecule has 61 heavy (non-hydrogen) atoms. The van der Waals surface area contributed by atoms with Crippen LogP contribution in [0.15, 0.2) is 60.0 Å². The normalized spacial score (nSPS) is 11.3. The Morgan fingerprint density at radius 2 is 0.672 bits per heavy atom. The van der Waals surface area contributed by atoms with Gasteiger partial charge in [0.15, 0.2) is 69.8 Å². The average Bonchev–Trinajstić information content (AvgIpc) is 3.24. The zero-order valence-corrected chi connectivity index (χ0v) is 28.5. The summed E-state index contributed by atoms with van der Waals surface area (Å²) in [6, 6.07) is 12.5. The van der Waals surface area contributed by atoms with E-state index in [0.29, 0.717) is 11.4 Å². The van der Waals surface area contributed by atoms with Crippen molar-refractivity contribution in [1.82, 2.24) is 0 Å². The number of azide groups is 1. The quantitative estimate of drug-likeness (QED) is 0.0232. The number of benzene rings is 5. The maximum Gasteiger partial charge on any atom is 0.223 e. The van der Waals surface area contributed by atoms with Crippen molar-refractivity contribution in [2.24, 2.45) is 5.11 Å². The summed E-state index contributed by atoms with van der Waals surface area (Å²) in [5, 5.41) is 3.50. The van der Waals surface area contributed by atoms with Gasteiger partial charge in [0.05, 0.1) is 0 Å². The summed E-state index contributed by atoms with van der Waals surface area (Å²) in [5.74, 6) is -70.8. The van der Waals surface area contributed by atoms with Crippen LogP contribution in [0.4, 0.5) is 93.5 Å². The van der Waals surface area contributed by atoms with Crippen LogP contribution in [0.25, 0.3) is 10.4 Å². The molecule has 0 aliphatic rings. The van der Waals surface area contributed by atoms with Crippen molar-refractivity contribution in [2.45, 2.75) is 0 Å². The molecule has 0 bridgehead atoms. The van der Waals surface area contributed by atoms with Crippen LogP contribution in [0.1, 0.15) is 0 Å². The fourth-order valence-corrected chi connectivity index (χ4v) is 6.09. The van der Waals surface area contributed by atoms with E-state index in [2.05, 4.69) is 10.0 Å². The van der Waals surface area contributed by atoms with E-state index in [9.17, 15) is 52.7 Å². The number of pyridine rings is 1. The van der Waals surface area contributed by atoms with E-state index in [1.54, 1.807) is 41.4 Å². The molecule has 26 heteroatoms. The molecule has 0 saturated heterocycles. The number of halogens is 20. The van der Waals surface area contributed by atoms with Crippen molar-refractivity contribution in [3.63, 3.8) is 0 Å². The first-order valence-electron chi connectivity index (χ1n) is 15.6. The number of hydrogen-bond donors (Lipinski definition) is 0. The molecule has 0 saturated carbocycles. The fraction of sp³-hybridized carbons (Fsp3) is 0. The maximum absolute atomic E-state index is 15.4. The third-order valence-corrected chi connectivity index (χ3v) is 8.58. The SMILES string of the molecule is Fc1c(F)c(F)c([B-](c2c(F)c(F)c(F)c(F)c2F)(c2c(F)c(F)c(F)c(F)c2F)c2c(F)c(F)c(F)c(F)c2F)c(F)c1F.[N-]=[N+]=Nc1cccc(O[n+]2ccccc2)c1. The van der Waals surface area contributed by atoms with Crippen LogP contribution in [0.5, 0.6) is 5.75 Å². The lowest BCUT2D eigenvalue weighted by atomic mass is 9.12. The Labute approximate surface area is 323 Å². The van der Waals surface area contributed by atoms with Gasteiger partial charge in [0, 0.05) is 27.5 Å². The lowest BCUT2D eigenvalue weighted by Gasteiger charge is -2.44. The van der Waals surface area contributed by atoms with Crippen molar-refractivity contribution in [2.75, 3.05) is 0 Å². The maximum atomic E-state index is 15.4. The summed E-state index contributed by atoms with van der Waals surface area (Å²) in [5.41, 5.74) is -5.49. The summed E-state index contributed by atoms with van der Waals surface area (Å²) >= 11 is 0. The molecule has 0 unspecified atom stereocenters. The molecule has 0 spiro atoms. The molecule has 5 nitrogen and oxygen atoms in total. The molecule has 0 atom stereocenters. The molecule has 0 aliphatic carbocycles. The first-order chi connectivity index (χ1) is 28.6. The lowest BCUT2D eigenvalue weighted by molar-refractivity contribution is -0.875. The Hall–Kier alpha value is -6.98. The summed E-state index contributed by atoms with van der Waals surface area (Å²) in [7, 11) is 0. The Balaban J connectivity index is 0.000000366. The topological polar surface area (TPSA) is 61.9 Å². The fourth-order valence-electron chi connectivity index (χ4n) is 6.09. The molecule has 5 aromatic carbocycles. The first kappa shape index (κ1) is 45.1. The molecule has 6 aromatic rings. The molecule has 0 fully saturated rings. The van der Waals surface area contributed by atoms with E-state index >= 15 is 35.1 Å². The highest BCUT2D eigenvalue weighted by molar-refractivity contribution is 7.20. The summed E-state index contributed by atoms with van der Waals surface area (Å²) in [6.07, 6.45) is -3.66. The second-order valence-electron chi connectivity index (χ2n) is 11.8. The highest BCUT2D eigenvalue weighted by atomic mass is 19.2. The standard InChI is InChI=1S/C24BF20.C11H9N4O/c26-5-1(6(27)14(35)21(42)13(5)34)25(2-7(28)15(36)22(43)16(37)8(2)29,3-9(30)17(38)23(44)18(39)10(3)31)4-11(32)19(40)24(45)20(41)12(4)33;12-14-13-10-5-4-6-11(9-10)16-15-7-2-1-3-8-15/h;1-9H/q-1;+1. The molecule has 6 rings (SSSR count). The van der Waals surface area contributed by atoms with Gasteiger partial charge in [-0.15, -0.1) is 21.9 Å². The second-order valence-corrected chi connectivity index (χ2v) is 11.8. The van der Waals surface area contributed by atoms with Gasteiger partial charge in [0.25, 0.3) is 0 Å². The van der Waals surface area contributed by atoms with Gasteiger partial charge < -0.3 is 0 Å². The van der Waals surface area contributed by atoms with Gasteiger partial charge in [-0.2, -0.15) is 0 Å². The largest absolute Gasteiger partial charge is 0.232 e. The minimum absolute atomic E-state index is 0.525. The van der Waals surface area contributed by atoms with Gasteiger partial charge in [-0.1, -0.05) is 23.3 Å². The van der Waals surface area contributed by atoms with E-state index in [-0.39, 0.29) is 0 Å². The molecule has 0 aliphatic heterocycles. The Bertz CT molecular complexity index is 2420. The van der Waals surface area contributed by atoms with E-state index in [1.807, 2.05) is 18.2 Å². The molecule has 318 valence electrons. The molecule has 0 amide bonds. The van der Waals surface area contributed by atoms with Crippen LogP contribution >= 0.6 is 0 Å². The number of aromatic nitrogens is 1. The van der Waals surface area contributed by atoms with Gasteiger partial charge in [-0.25, -0.2) is 92.6 Å². The van der Waals surface area contributed by atoms with E-state index in [1.165, 1.54) is 0 Å². The smallest absolute Gasteiger partial charge is 0.223 e. The van der Waals surface area contributed by atoms with E-state index < -0.39 is 144 Å². The van der Waals surface area contributed by atoms with Gasteiger partial charge in [0.2, 0.25) is 18.1 Å². The molecule has 0 radical (unpaired) electrons. The van der Waals surface area contributed by atoms with Gasteiger partial charge in [-0.05, 0) is 17.7 Å². The lowest BCUT2D eigenvalue weighted by Crippen LogP contribution is -2.81. The molecule has 1 heterocycles. The van der Waals surface area contributed by atoms with Crippen LogP contribution in [0.3, 0.4) is 0 Å². The molecular weight excluding hydrogens is 883 g/mol. The zero-order valence-electron chi connectivity index (χ0n) is 28.5. The van der Waals surface area contributed by atoms with Crippen LogP contribution < -0.4 is 31.4 Å². The van der Waals surface area contributed by atoms with Crippen molar-refractivity contribution >= 4 is 33.7 Å². The predicted octanol–water partition coefficient (Wildman–Crippen LogP) is 8.60. The van der Waals surface area contributed by atoms with Crippen LogP contribution in [-0.2, 0) is 0 Å². The molecule has 0 N–H and O–H groups in total. The van der Waals surface area contributed by atoms with Gasteiger partial charge in [-0.3, -0.25) is 0 Å². The van der Waals surface area contributed by atoms with E-state index in [4.69, 9.17) is 10.4 Å². The molecular formula is C35H9BF20N4O. The summed E-state index contributed by atoms with van der Waals surface area (Å²) in [4.78, 5) is 8.22. The van der Waals surface area contributed by atoms with Crippen LogP contribution in [-0.4, -0.2) is 6.15 Å².